The van der Waals surface area contributed by atoms with Crippen molar-refractivity contribution in [1.82, 2.24) is 10.2 Å². The highest BCUT2D eigenvalue weighted by atomic mass is 79.9. The monoisotopic (exact) mass is 381 g/mol. The van der Waals surface area contributed by atoms with E-state index in [0.717, 1.165) is 4.47 Å². The Morgan fingerprint density at radius 1 is 1.22 bits per heavy atom. The number of hydrogen-bond donors (Lipinski definition) is 1. The molecular formula is C16H20BrN3O3. The van der Waals surface area contributed by atoms with Crippen molar-refractivity contribution >= 4 is 33.6 Å². The molecule has 3 unspecified atom stereocenters. The van der Waals surface area contributed by atoms with Gasteiger partial charge in [-0.25, -0.2) is 9.69 Å². The fourth-order valence-electron chi connectivity index (χ4n) is 3.20. The van der Waals surface area contributed by atoms with E-state index in [2.05, 4.69) is 26.1 Å². The summed E-state index contributed by atoms with van der Waals surface area (Å²) in [5, 5.41) is 2.95. The van der Waals surface area contributed by atoms with Crippen LogP contribution < -0.4 is 10.2 Å². The van der Waals surface area contributed by atoms with Gasteiger partial charge in [0.1, 0.15) is 0 Å². The van der Waals surface area contributed by atoms with Gasteiger partial charge >= 0.3 is 6.03 Å². The standard InChI is InChI=1S/C16H20BrN3O3/c1-10-8-19(9-11(2)23-10)14-7-15(21)20(16(22)18-14)13-5-3-4-12(17)6-13/h3-6,10-11,14H,7-9H2,1-2H3,(H,18,22). The first-order chi connectivity index (χ1) is 10.9. The molecule has 0 saturated carbocycles. The van der Waals surface area contributed by atoms with Gasteiger partial charge in [0, 0.05) is 17.6 Å². The number of nitrogens with zero attached hydrogens (tertiary/aromatic N) is 2. The summed E-state index contributed by atoms with van der Waals surface area (Å²) in [6.07, 6.45) is 0.174. The van der Waals surface area contributed by atoms with Gasteiger partial charge in [-0.1, -0.05) is 22.0 Å². The van der Waals surface area contributed by atoms with E-state index in [0.29, 0.717) is 18.8 Å². The summed E-state index contributed by atoms with van der Waals surface area (Å²) in [5.74, 6) is -0.191. The van der Waals surface area contributed by atoms with Gasteiger partial charge in [0.15, 0.2) is 0 Å². The van der Waals surface area contributed by atoms with Gasteiger partial charge in [0.05, 0.1) is 30.5 Å². The largest absolute Gasteiger partial charge is 0.373 e. The molecule has 1 N–H and O–H groups in total. The third-order valence-corrected chi connectivity index (χ3v) is 4.56. The molecule has 2 fully saturated rings. The summed E-state index contributed by atoms with van der Waals surface area (Å²) >= 11 is 3.36. The highest BCUT2D eigenvalue weighted by molar-refractivity contribution is 9.10. The van der Waals surface area contributed by atoms with Crippen LogP contribution in [0.15, 0.2) is 28.7 Å². The van der Waals surface area contributed by atoms with Gasteiger partial charge < -0.3 is 10.1 Å². The molecule has 2 heterocycles. The van der Waals surface area contributed by atoms with Crippen LogP contribution in [0.3, 0.4) is 0 Å². The summed E-state index contributed by atoms with van der Waals surface area (Å²) in [6.45, 7) is 5.42. The third kappa shape index (κ3) is 3.57. The molecule has 3 atom stereocenters. The number of halogens is 1. The SMILES string of the molecule is CC1CN(C2CC(=O)N(c3cccc(Br)c3)C(=O)N2)CC(C)O1. The van der Waals surface area contributed by atoms with Gasteiger partial charge in [-0.2, -0.15) is 0 Å². The molecule has 1 aromatic carbocycles. The van der Waals surface area contributed by atoms with Gasteiger partial charge in [0.25, 0.3) is 0 Å². The molecule has 0 aliphatic carbocycles. The van der Waals surface area contributed by atoms with Crippen LogP contribution in [-0.2, 0) is 9.53 Å². The summed E-state index contributed by atoms with van der Waals surface area (Å²) < 4.78 is 6.54. The molecule has 23 heavy (non-hydrogen) atoms. The van der Waals surface area contributed by atoms with E-state index in [1.54, 1.807) is 18.2 Å². The maximum atomic E-state index is 12.5. The third-order valence-electron chi connectivity index (χ3n) is 4.07. The number of morpholine rings is 1. The van der Waals surface area contributed by atoms with Crippen molar-refractivity contribution < 1.29 is 14.3 Å². The number of amides is 3. The minimum absolute atomic E-state index is 0.0915. The Kier molecular flexibility index (Phi) is 4.70. The van der Waals surface area contributed by atoms with Crippen LogP contribution in [0.2, 0.25) is 0 Å². The van der Waals surface area contributed by atoms with Crippen molar-refractivity contribution in [1.29, 1.82) is 0 Å². The molecule has 0 aromatic heterocycles. The number of carbonyl (C=O) groups is 2. The number of hydrogen-bond acceptors (Lipinski definition) is 4. The molecule has 2 aliphatic heterocycles. The molecule has 124 valence electrons. The second-order valence-electron chi connectivity index (χ2n) is 6.09. The number of rotatable bonds is 2. The lowest BCUT2D eigenvalue weighted by molar-refractivity contribution is -0.123. The summed E-state index contributed by atoms with van der Waals surface area (Å²) in [5.41, 5.74) is 0.573. The Morgan fingerprint density at radius 3 is 2.52 bits per heavy atom. The minimum atomic E-state index is -0.379. The molecule has 1 aromatic rings. The fourth-order valence-corrected chi connectivity index (χ4v) is 3.58. The number of carbonyl (C=O) groups excluding carboxylic acids is 2. The van der Waals surface area contributed by atoms with Crippen LogP contribution in [0.25, 0.3) is 0 Å². The van der Waals surface area contributed by atoms with Crippen LogP contribution in [0.4, 0.5) is 10.5 Å². The minimum Gasteiger partial charge on any atom is -0.373 e. The Hall–Kier alpha value is -1.44. The zero-order chi connectivity index (χ0) is 16.6. The molecule has 2 aliphatic rings. The zero-order valence-corrected chi connectivity index (χ0v) is 14.7. The van der Waals surface area contributed by atoms with Crippen molar-refractivity contribution in [2.24, 2.45) is 0 Å². The predicted molar refractivity (Wildman–Crippen MR) is 90.1 cm³/mol. The van der Waals surface area contributed by atoms with Crippen LogP contribution >= 0.6 is 15.9 Å². The molecule has 7 heteroatoms. The number of nitrogens with one attached hydrogen (secondary N) is 1. The van der Waals surface area contributed by atoms with E-state index in [9.17, 15) is 9.59 Å². The van der Waals surface area contributed by atoms with E-state index in [-0.39, 0.29) is 36.7 Å². The fraction of sp³-hybridized carbons (Fsp3) is 0.500. The van der Waals surface area contributed by atoms with Gasteiger partial charge in [-0.3, -0.25) is 9.69 Å². The van der Waals surface area contributed by atoms with Crippen molar-refractivity contribution in [3.63, 3.8) is 0 Å². The van der Waals surface area contributed by atoms with E-state index >= 15 is 0 Å². The molecule has 3 amide bonds. The average Bonchev–Trinajstić information content (AvgIpc) is 2.45. The predicted octanol–water partition coefficient (Wildman–Crippen LogP) is 2.33. The first kappa shape index (κ1) is 16.4. The first-order valence-corrected chi connectivity index (χ1v) is 8.52. The van der Waals surface area contributed by atoms with E-state index in [4.69, 9.17) is 4.74 Å². The second kappa shape index (κ2) is 6.59. The summed E-state index contributed by atoms with van der Waals surface area (Å²) in [6, 6.07) is 6.79. The summed E-state index contributed by atoms with van der Waals surface area (Å²) in [4.78, 5) is 28.3. The molecule has 0 bridgehead atoms. The van der Waals surface area contributed by atoms with Crippen molar-refractivity contribution in [3.8, 4) is 0 Å². The van der Waals surface area contributed by atoms with E-state index < -0.39 is 0 Å². The normalized spacial score (nSPS) is 29.5. The molecule has 3 rings (SSSR count). The van der Waals surface area contributed by atoms with E-state index in [1.807, 2.05) is 19.9 Å². The number of benzene rings is 1. The second-order valence-corrected chi connectivity index (χ2v) is 7.01. The molecule has 6 nitrogen and oxygen atoms in total. The number of anilines is 1. The molecule has 0 radical (unpaired) electrons. The van der Waals surface area contributed by atoms with E-state index in [1.165, 1.54) is 4.90 Å². The zero-order valence-electron chi connectivity index (χ0n) is 13.2. The number of urea groups is 1. The van der Waals surface area contributed by atoms with Gasteiger partial charge in [0.2, 0.25) is 5.91 Å². The van der Waals surface area contributed by atoms with Crippen LogP contribution in [-0.4, -0.2) is 48.3 Å². The van der Waals surface area contributed by atoms with Gasteiger partial charge in [-0.05, 0) is 32.0 Å². The average molecular weight is 382 g/mol. The maximum Gasteiger partial charge on any atom is 0.329 e. The Morgan fingerprint density at radius 2 is 1.91 bits per heavy atom. The molecule has 0 spiro atoms. The lowest BCUT2D eigenvalue weighted by Gasteiger charge is -2.42. The lowest BCUT2D eigenvalue weighted by atomic mass is 10.1. The quantitative estimate of drug-likeness (QED) is 0.853. The Labute approximate surface area is 143 Å². The van der Waals surface area contributed by atoms with Crippen molar-refractivity contribution in [2.75, 3.05) is 18.0 Å². The highest BCUT2D eigenvalue weighted by Gasteiger charge is 2.38. The smallest absolute Gasteiger partial charge is 0.329 e. The lowest BCUT2D eigenvalue weighted by Crippen LogP contribution is -2.63. The highest BCUT2D eigenvalue weighted by Crippen LogP contribution is 2.24. The Bertz CT molecular complexity index is 596. The summed E-state index contributed by atoms with van der Waals surface area (Å²) in [7, 11) is 0. The molecule has 2 saturated heterocycles. The first-order valence-electron chi connectivity index (χ1n) is 7.72. The topological polar surface area (TPSA) is 61.9 Å². The van der Waals surface area contributed by atoms with Gasteiger partial charge in [-0.15, -0.1) is 0 Å². The Balaban J connectivity index is 1.75. The van der Waals surface area contributed by atoms with Crippen LogP contribution in [0.5, 0.6) is 0 Å². The van der Waals surface area contributed by atoms with Crippen molar-refractivity contribution in [3.05, 3.63) is 28.7 Å². The number of imide groups is 1. The number of ether oxygens (including phenoxy) is 1. The van der Waals surface area contributed by atoms with Crippen LogP contribution in [0.1, 0.15) is 20.3 Å². The molecular weight excluding hydrogens is 362 g/mol. The van der Waals surface area contributed by atoms with Crippen LogP contribution in [0, 0.1) is 0 Å². The maximum absolute atomic E-state index is 12.5. The van der Waals surface area contributed by atoms with Crippen molar-refractivity contribution in [2.45, 2.75) is 38.6 Å².